The fourth-order valence-electron chi connectivity index (χ4n) is 11.7. The minimum absolute atomic E-state index is 0.420. The van der Waals surface area contributed by atoms with Gasteiger partial charge in [0.15, 0.2) is 0 Å². The highest BCUT2D eigenvalue weighted by Crippen LogP contribution is 2.50. The second kappa shape index (κ2) is 17.3. The number of hydrogen-bond donors (Lipinski definition) is 0. The second-order valence-corrected chi connectivity index (χ2v) is 21.2. The van der Waals surface area contributed by atoms with Crippen LogP contribution in [0.1, 0.15) is 5.56 Å². The predicted molar refractivity (Wildman–Crippen MR) is 321 cm³/mol. The van der Waals surface area contributed by atoms with Crippen LogP contribution in [0, 0.1) is 17.9 Å². The maximum Gasteiger partial charge on any atom is 0.212 e. The number of thiophene rings is 2. The molecule has 11 aromatic carbocycles. The maximum absolute atomic E-state index is 11.8. The first kappa shape index (κ1) is 43.6. The van der Waals surface area contributed by atoms with E-state index in [2.05, 4.69) is 236 Å². The molecule has 0 saturated heterocycles. The van der Waals surface area contributed by atoms with Gasteiger partial charge in [-0.3, -0.25) is 0 Å². The number of para-hydroxylation sites is 6. The van der Waals surface area contributed by atoms with Gasteiger partial charge < -0.3 is 18.9 Å². The van der Waals surface area contributed by atoms with E-state index >= 15 is 0 Å². The molecule has 0 bridgehead atoms. The lowest BCUT2D eigenvalue weighted by atomic mass is 10.1. The van der Waals surface area contributed by atoms with Gasteiger partial charge in [0.25, 0.3) is 0 Å². The Labute approximate surface area is 445 Å². The molecule has 0 atom stereocenters. The van der Waals surface area contributed by atoms with Gasteiger partial charge in [0.2, 0.25) is 5.69 Å². The van der Waals surface area contributed by atoms with Crippen LogP contribution in [-0.2, 0) is 0 Å². The molecule has 0 saturated carbocycles. The van der Waals surface area contributed by atoms with Crippen molar-refractivity contribution in [3.63, 3.8) is 0 Å². The van der Waals surface area contributed by atoms with Crippen LogP contribution in [-0.4, -0.2) is 9.13 Å². The van der Waals surface area contributed by atoms with Crippen molar-refractivity contribution in [3.8, 4) is 17.4 Å². The fourth-order valence-corrected chi connectivity index (χ4v) is 13.9. The molecule has 6 nitrogen and oxygen atoms in total. The lowest BCUT2D eigenvalue weighted by molar-refractivity contribution is 1.13. The van der Waals surface area contributed by atoms with E-state index in [-0.39, 0.29) is 0 Å². The van der Waals surface area contributed by atoms with Crippen LogP contribution in [0.25, 0.3) is 100 Å². The molecular formula is C68H40N6S2. The summed E-state index contributed by atoms with van der Waals surface area (Å²) in [7, 11) is 0. The largest absolute Gasteiger partial charge is 0.317 e. The Kier molecular flexibility index (Phi) is 9.95. The number of aromatic nitrogens is 2. The summed E-state index contributed by atoms with van der Waals surface area (Å²) in [4.78, 5) is 9.05. The monoisotopic (exact) mass is 1000 g/mol. The van der Waals surface area contributed by atoms with E-state index in [4.69, 9.17) is 0 Å². The molecule has 8 heteroatoms. The van der Waals surface area contributed by atoms with E-state index in [1.807, 2.05) is 36.4 Å². The summed E-state index contributed by atoms with van der Waals surface area (Å²) >= 11 is 3.55. The van der Waals surface area contributed by atoms with Gasteiger partial charge in [0.05, 0.1) is 57.0 Å². The first-order valence-corrected chi connectivity index (χ1v) is 26.8. The number of rotatable bonds is 8. The Morgan fingerprint density at radius 3 is 1.18 bits per heavy atom. The van der Waals surface area contributed by atoms with Gasteiger partial charge in [-0.2, -0.15) is 5.26 Å². The molecule has 0 N–H and O–H groups in total. The van der Waals surface area contributed by atoms with Gasteiger partial charge in [-0.25, -0.2) is 4.85 Å². The van der Waals surface area contributed by atoms with Crippen molar-refractivity contribution in [3.05, 3.63) is 260 Å². The van der Waals surface area contributed by atoms with Crippen LogP contribution < -0.4 is 9.80 Å². The summed E-state index contributed by atoms with van der Waals surface area (Å²) in [6.45, 7) is 9.20. The van der Waals surface area contributed by atoms with Gasteiger partial charge >= 0.3 is 0 Å². The van der Waals surface area contributed by atoms with Gasteiger partial charge in [-0.05, 0) is 109 Å². The van der Waals surface area contributed by atoms with Crippen LogP contribution in [0.5, 0.6) is 0 Å². The quantitative estimate of drug-likeness (QED) is 0.143. The third-order valence-corrected chi connectivity index (χ3v) is 17.2. The zero-order chi connectivity index (χ0) is 50.4. The molecule has 0 radical (unpaired) electrons. The molecule has 76 heavy (non-hydrogen) atoms. The Bertz CT molecular complexity index is 4510. The number of fused-ring (bicyclic) bond motifs is 12. The molecule has 4 aromatic heterocycles. The molecule has 15 aromatic rings. The topological polar surface area (TPSA) is 44.5 Å². The van der Waals surface area contributed by atoms with Gasteiger partial charge in [-0.15, -0.1) is 22.7 Å². The molecular weight excluding hydrogens is 965 g/mol. The van der Waals surface area contributed by atoms with E-state index in [9.17, 15) is 11.8 Å². The summed E-state index contributed by atoms with van der Waals surface area (Å²) in [5.41, 5.74) is 11.8. The van der Waals surface area contributed by atoms with Crippen LogP contribution >= 0.6 is 22.7 Å². The SMILES string of the molecule is [C-]#[N+]c1cc(-n2c3cc4sc5ccccc5c4cc3c3cccc(N(c4ccccc4)c4ccccc4)c32)c(C#N)cc1-n1c2cc3sc4ccccc4c3cc2c2cccc(N(c3ccccc3)c3ccccc3)c21. The molecule has 15 rings (SSSR count). The van der Waals surface area contributed by atoms with E-state index < -0.39 is 0 Å². The molecule has 4 heterocycles. The number of hydrogen-bond acceptors (Lipinski definition) is 5. The molecule has 0 unspecified atom stereocenters. The zero-order valence-corrected chi connectivity index (χ0v) is 42.2. The number of benzene rings is 11. The van der Waals surface area contributed by atoms with Gasteiger partial charge in [0.1, 0.15) is 6.07 Å². The first-order chi connectivity index (χ1) is 37.6. The number of anilines is 6. The van der Waals surface area contributed by atoms with Crippen molar-refractivity contribution in [2.45, 2.75) is 0 Å². The lowest BCUT2D eigenvalue weighted by Crippen LogP contribution is -2.12. The fraction of sp³-hybridized carbons (Fsp3) is 0. The highest BCUT2D eigenvalue weighted by Gasteiger charge is 2.28. The van der Waals surface area contributed by atoms with Crippen molar-refractivity contribution in [2.24, 2.45) is 0 Å². The highest BCUT2D eigenvalue weighted by molar-refractivity contribution is 7.26. The van der Waals surface area contributed by atoms with E-state index in [1.54, 1.807) is 22.7 Å². The van der Waals surface area contributed by atoms with Crippen LogP contribution in [0.15, 0.2) is 243 Å². The summed E-state index contributed by atoms with van der Waals surface area (Å²) in [5, 5.41) is 20.8. The van der Waals surface area contributed by atoms with E-state index in [0.717, 1.165) is 87.1 Å². The van der Waals surface area contributed by atoms with Crippen LogP contribution in [0.4, 0.5) is 39.8 Å². The molecule has 0 fully saturated rings. The smallest absolute Gasteiger partial charge is 0.212 e. The Morgan fingerprint density at radius 2 is 0.763 bits per heavy atom. The van der Waals surface area contributed by atoms with Crippen molar-refractivity contribution >= 4 is 146 Å². The van der Waals surface area contributed by atoms with E-state index in [1.165, 1.54) is 30.9 Å². The molecule has 0 aliphatic rings. The maximum atomic E-state index is 11.8. The predicted octanol–water partition coefficient (Wildman–Crippen LogP) is 20.0. The average molecular weight is 1010 g/mol. The highest BCUT2D eigenvalue weighted by atomic mass is 32.1. The number of nitriles is 1. The standard InChI is InChI=1S/C68H40N6S2/c1-70-56-39-59(73-60-40-65-54(48-28-14-16-34-63(48)75-65)37-52(60)50-30-18-32-57(67(50)73)71(44-20-6-2-7-21-44)45-22-8-3-9-23-45)43(42-69)36-62(56)74-61-41-66-55(49-29-15-17-35-64(49)76-66)38-53(61)51-31-19-33-58(68(51)74)72(46-24-10-4-11-25-46)47-26-12-5-13-27-47/h2-41H. The molecule has 354 valence electrons. The van der Waals surface area contributed by atoms with Crippen molar-refractivity contribution in [1.29, 1.82) is 5.26 Å². The number of nitrogens with zero attached hydrogens (tertiary/aromatic N) is 6. The third-order valence-electron chi connectivity index (χ3n) is 14.9. The van der Waals surface area contributed by atoms with Crippen LogP contribution in [0.3, 0.4) is 0 Å². The van der Waals surface area contributed by atoms with E-state index in [0.29, 0.717) is 22.6 Å². The Morgan fingerprint density at radius 1 is 0.368 bits per heavy atom. The Balaban J connectivity index is 1.06. The second-order valence-electron chi connectivity index (χ2n) is 19.0. The normalized spacial score (nSPS) is 11.7. The summed E-state index contributed by atoms with van der Waals surface area (Å²) in [6.07, 6.45) is 0. The lowest BCUT2D eigenvalue weighted by Gasteiger charge is -2.27. The summed E-state index contributed by atoms with van der Waals surface area (Å²) in [5.74, 6) is 0. The first-order valence-electron chi connectivity index (χ1n) is 25.2. The Hall–Kier alpha value is -9.96. The van der Waals surface area contributed by atoms with Gasteiger partial charge in [0, 0.05) is 84.6 Å². The molecule has 0 aliphatic carbocycles. The average Bonchev–Trinajstić information content (AvgIpc) is 4.25. The molecule has 0 aliphatic heterocycles. The minimum atomic E-state index is 0.420. The summed E-state index contributed by atoms with van der Waals surface area (Å²) < 4.78 is 9.24. The minimum Gasteiger partial charge on any atom is -0.317 e. The van der Waals surface area contributed by atoms with Gasteiger partial charge in [-0.1, -0.05) is 133 Å². The summed E-state index contributed by atoms with van der Waals surface area (Å²) in [6, 6.07) is 87.9. The van der Waals surface area contributed by atoms with Crippen molar-refractivity contribution in [1.82, 2.24) is 9.13 Å². The zero-order valence-electron chi connectivity index (χ0n) is 40.6. The molecule has 0 amide bonds. The van der Waals surface area contributed by atoms with Crippen LogP contribution in [0.2, 0.25) is 0 Å². The third kappa shape index (κ3) is 6.62. The van der Waals surface area contributed by atoms with Crippen molar-refractivity contribution in [2.75, 3.05) is 9.80 Å². The molecule has 0 spiro atoms. The van der Waals surface area contributed by atoms with Crippen molar-refractivity contribution < 1.29 is 0 Å².